The predicted octanol–water partition coefficient (Wildman–Crippen LogP) is 15.7. The monoisotopic (exact) mass is 815 g/mol. The minimum atomic E-state index is -0.133. The number of imidazole rings is 1. The molecular formula is C58H61N3O. The fraction of sp³-hybridized carbons (Fsp3) is 0.276. The Morgan fingerprint density at radius 1 is 0.419 bits per heavy atom. The summed E-state index contributed by atoms with van der Waals surface area (Å²) in [4.78, 5) is 10.5. The highest BCUT2D eigenvalue weighted by Gasteiger charge is 2.25. The number of para-hydroxylation sites is 2. The maximum Gasteiger partial charge on any atom is 0.149 e. The van der Waals surface area contributed by atoms with Crippen molar-refractivity contribution in [1.29, 1.82) is 0 Å². The molecule has 2 heterocycles. The molecule has 0 radical (unpaired) electrons. The smallest absolute Gasteiger partial charge is 0.149 e. The first-order valence-electron chi connectivity index (χ1n) is 22.0. The number of rotatable bonds is 6. The van der Waals surface area contributed by atoms with Crippen LogP contribution in [-0.2, 0) is 21.7 Å². The van der Waals surface area contributed by atoms with Crippen molar-refractivity contribution in [3.05, 3.63) is 168 Å². The number of nitrogens with zero attached hydrogens (tertiary/aromatic N) is 3. The predicted molar refractivity (Wildman–Crippen MR) is 263 cm³/mol. The van der Waals surface area contributed by atoms with Crippen molar-refractivity contribution in [2.24, 2.45) is 0 Å². The quantitative estimate of drug-likeness (QED) is 0.182. The van der Waals surface area contributed by atoms with Gasteiger partial charge in [0, 0.05) is 22.9 Å². The van der Waals surface area contributed by atoms with Gasteiger partial charge in [0.2, 0.25) is 0 Å². The van der Waals surface area contributed by atoms with Gasteiger partial charge in [-0.2, -0.15) is 0 Å². The molecule has 0 amide bonds. The second-order valence-corrected chi connectivity index (χ2v) is 21.1. The number of hydrogen-bond acceptors (Lipinski definition) is 3. The molecule has 1 N–H and O–H groups in total. The standard InChI is InChI=1S/C58H61N3O/c1-55(2,3)42-24-20-37(21-25-42)39-30-31-59-49(35-39)41-32-40(33-45(34-41)58(10,11)12)46-17-15-18-51-53(46)60-54(47-16-13-14-19-52(47)62)61(51)50-29-28-44(57(7,8)9)36-48(50)38-22-26-43(27-23-38)56(4,5)6/h13-36,62H,1-12H3. The van der Waals surface area contributed by atoms with Crippen LogP contribution in [-0.4, -0.2) is 19.6 Å². The van der Waals surface area contributed by atoms with Crippen LogP contribution in [0.5, 0.6) is 5.75 Å². The zero-order valence-corrected chi connectivity index (χ0v) is 38.6. The minimum absolute atomic E-state index is 0.0327. The molecule has 2 aromatic heterocycles. The van der Waals surface area contributed by atoms with Crippen molar-refractivity contribution >= 4 is 11.0 Å². The Morgan fingerprint density at radius 2 is 0.984 bits per heavy atom. The first kappa shape index (κ1) is 42.4. The summed E-state index contributed by atoms with van der Waals surface area (Å²) >= 11 is 0. The lowest BCUT2D eigenvalue weighted by atomic mass is 9.83. The van der Waals surface area contributed by atoms with Crippen molar-refractivity contribution in [1.82, 2.24) is 14.5 Å². The van der Waals surface area contributed by atoms with Crippen LogP contribution in [0.25, 0.3) is 72.7 Å². The third kappa shape index (κ3) is 8.36. The molecule has 0 atom stereocenters. The van der Waals surface area contributed by atoms with E-state index < -0.39 is 0 Å². The van der Waals surface area contributed by atoms with Gasteiger partial charge in [0.05, 0.1) is 28.0 Å². The molecular weight excluding hydrogens is 755 g/mol. The maximum absolute atomic E-state index is 11.5. The number of benzene rings is 6. The van der Waals surface area contributed by atoms with E-state index in [2.05, 4.69) is 203 Å². The summed E-state index contributed by atoms with van der Waals surface area (Å²) in [6.45, 7) is 27.1. The van der Waals surface area contributed by atoms with Crippen molar-refractivity contribution in [3.8, 4) is 67.5 Å². The van der Waals surface area contributed by atoms with E-state index in [9.17, 15) is 5.11 Å². The molecule has 314 valence electrons. The second-order valence-electron chi connectivity index (χ2n) is 21.1. The van der Waals surface area contributed by atoms with Crippen LogP contribution >= 0.6 is 0 Å². The summed E-state index contributed by atoms with van der Waals surface area (Å²) in [6, 6.07) is 49.9. The Morgan fingerprint density at radius 3 is 1.60 bits per heavy atom. The highest BCUT2D eigenvalue weighted by atomic mass is 16.3. The van der Waals surface area contributed by atoms with Crippen LogP contribution in [0.4, 0.5) is 0 Å². The van der Waals surface area contributed by atoms with Gasteiger partial charge in [-0.15, -0.1) is 0 Å². The third-order valence-electron chi connectivity index (χ3n) is 12.2. The Hall–Kier alpha value is -6.26. The number of aromatic nitrogens is 3. The van der Waals surface area contributed by atoms with Crippen LogP contribution in [0.2, 0.25) is 0 Å². The molecule has 8 rings (SSSR count). The van der Waals surface area contributed by atoms with E-state index in [-0.39, 0.29) is 27.4 Å². The fourth-order valence-corrected chi connectivity index (χ4v) is 8.29. The molecule has 0 spiro atoms. The van der Waals surface area contributed by atoms with Gasteiger partial charge in [-0.25, -0.2) is 4.98 Å². The highest BCUT2D eigenvalue weighted by molar-refractivity contribution is 5.97. The SMILES string of the molecule is CC(C)(C)c1ccc(-c2ccnc(-c3cc(-c4cccc5c4nc(-c4ccccc4O)n5-c4ccc(C(C)(C)C)cc4-c4ccc(C(C)(C)C)cc4)cc(C(C)(C)C)c3)c2)cc1. The van der Waals surface area contributed by atoms with E-state index in [1.807, 2.05) is 24.4 Å². The summed E-state index contributed by atoms with van der Waals surface area (Å²) in [5.41, 5.74) is 17.1. The molecule has 8 aromatic rings. The van der Waals surface area contributed by atoms with Gasteiger partial charge in [-0.1, -0.05) is 168 Å². The molecule has 0 saturated carbocycles. The first-order valence-corrected chi connectivity index (χ1v) is 22.0. The van der Waals surface area contributed by atoms with Crippen LogP contribution < -0.4 is 0 Å². The second kappa shape index (κ2) is 15.6. The van der Waals surface area contributed by atoms with Crippen LogP contribution in [0, 0.1) is 0 Å². The number of aromatic hydroxyl groups is 1. The van der Waals surface area contributed by atoms with E-state index >= 15 is 0 Å². The summed E-state index contributed by atoms with van der Waals surface area (Å²) in [5.74, 6) is 0.865. The van der Waals surface area contributed by atoms with Crippen molar-refractivity contribution in [3.63, 3.8) is 0 Å². The minimum Gasteiger partial charge on any atom is -0.507 e. The topological polar surface area (TPSA) is 50.9 Å². The van der Waals surface area contributed by atoms with Gasteiger partial charge in [-0.05, 0) is 121 Å². The van der Waals surface area contributed by atoms with Crippen LogP contribution in [0.3, 0.4) is 0 Å². The van der Waals surface area contributed by atoms with Crippen molar-refractivity contribution < 1.29 is 5.11 Å². The zero-order chi connectivity index (χ0) is 44.4. The van der Waals surface area contributed by atoms with E-state index in [0.717, 1.165) is 55.8 Å². The first-order chi connectivity index (χ1) is 29.2. The van der Waals surface area contributed by atoms with E-state index in [0.29, 0.717) is 11.4 Å². The van der Waals surface area contributed by atoms with Crippen LogP contribution in [0.1, 0.15) is 105 Å². The molecule has 6 aromatic carbocycles. The Bertz CT molecular complexity index is 2920. The molecule has 0 bridgehead atoms. The molecule has 0 aliphatic heterocycles. The maximum atomic E-state index is 11.5. The van der Waals surface area contributed by atoms with E-state index in [1.54, 1.807) is 6.07 Å². The molecule has 0 saturated heterocycles. The van der Waals surface area contributed by atoms with Crippen LogP contribution in [0.15, 0.2) is 146 Å². The molecule has 0 fully saturated rings. The summed E-state index contributed by atoms with van der Waals surface area (Å²) in [5, 5.41) is 11.5. The zero-order valence-electron chi connectivity index (χ0n) is 38.6. The molecule has 62 heavy (non-hydrogen) atoms. The lowest BCUT2D eigenvalue weighted by Crippen LogP contribution is -2.12. The summed E-state index contributed by atoms with van der Waals surface area (Å²) in [6.07, 6.45) is 1.92. The molecule has 0 aliphatic rings. The molecule has 4 nitrogen and oxygen atoms in total. The Labute approximate surface area is 369 Å². The average molecular weight is 816 g/mol. The number of phenols is 1. The van der Waals surface area contributed by atoms with E-state index in [4.69, 9.17) is 9.97 Å². The van der Waals surface area contributed by atoms with Crippen molar-refractivity contribution in [2.75, 3.05) is 0 Å². The van der Waals surface area contributed by atoms with Gasteiger partial charge >= 0.3 is 0 Å². The van der Waals surface area contributed by atoms with Gasteiger partial charge in [0.15, 0.2) is 0 Å². The number of pyridine rings is 1. The Kier molecular flexibility index (Phi) is 10.7. The summed E-state index contributed by atoms with van der Waals surface area (Å²) < 4.78 is 2.25. The molecule has 4 heteroatoms. The normalized spacial score (nSPS) is 12.6. The highest BCUT2D eigenvalue weighted by Crippen LogP contribution is 2.43. The third-order valence-corrected chi connectivity index (χ3v) is 12.2. The largest absolute Gasteiger partial charge is 0.507 e. The average Bonchev–Trinajstić information content (AvgIpc) is 3.62. The molecule has 0 aliphatic carbocycles. The number of fused-ring (bicyclic) bond motifs is 1. The fourth-order valence-electron chi connectivity index (χ4n) is 8.29. The number of hydrogen-bond donors (Lipinski definition) is 1. The van der Waals surface area contributed by atoms with Crippen molar-refractivity contribution in [2.45, 2.75) is 105 Å². The van der Waals surface area contributed by atoms with Gasteiger partial charge in [0.25, 0.3) is 0 Å². The summed E-state index contributed by atoms with van der Waals surface area (Å²) in [7, 11) is 0. The lowest BCUT2D eigenvalue weighted by Gasteiger charge is -2.24. The van der Waals surface area contributed by atoms with Gasteiger partial charge in [-0.3, -0.25) is 9.55 Å². The lowest BCUT2D eigenvalue weighted by molar-refractivity contribution is 0.477. The van der Waals surface area contributed by atoms with E-state index in [1.165, 1.54) is 27.8 Å². The number of phenolic OH excluding ortho intramolecular Hbond substituents is 1. The molecule has 0 unspecified atom stereocenters. The Balaban J connectivity index is 1.35. The van der Waals surface area contributed by atoms with Gasteiger partial charge < -0.3 is 5.11 Å². The van der Waals surface area contributed by atoms with Gasteiger partial charge in [0.1, 0.15) is 11.6 Å².